The summed E-state index contributed by atoms with van der Waals surface area (Å²) in [6, 6.07) is -0.496. The van der Waals surface area contributed by atoms with Crippen LogP contribution in [-0.4, -0.2) is 29.2 Å². The van der Waals surface area contributed by atoms with Crippen LogP contribution in [0.2, 0.25) is 0 Å². The highest BCUT2D eigenvalue weighted by Crippen LogP contribution is 2.24. The van der Waals surface area contributed by atoms with Gasteiger partial charge in [-0.1, -0.05) is 40.0 Å². The number of carbonyl (C=O) groups excluding carboxylic acids is 1. The van der Waals surface area contributed by atoms with Crippen LogP contribution in [0.4, 0.5) is 4.79 Å². The number of carboxylic acid groups (broad SMARTS) is 1. The number of amides is 2. The van der Waals surface area contributed by atoms with E-state index in [4.69, 9.17) is 0 Å². The van der Waals surface area contributed by atoms with E-state index >= 15 is 0 Å². The molecule has 0 aromatic heterocycles. The summed E-state index contributed by atoms with van der Waals surface area (Å²) in [4.78, 5) is 23.3. The van der Waals surface area contributed by atoms with Gasteiger partial charge >= 0.3 is 12.0 Å². The van der Waals surface area contributed by atoms with Gasteiger partial charge < -0.3 is 15.7 Å². The Balaban J connectivity index is 2.59. The quantitative estimate of drug-likeness (QED) is 0.697. The molecule has 3 atom stereocenters. The van der Waals surface area contributed by atoms with Gasteiger partial charge in [-0.15, -0.1) is 0 Å². The molecule has 0 spiro atoms. The Morgan fingerprint density at radius 1 is 1.15 bits per heavy atom. The maximum absolute atomic E-state index is 12.0. The molecule has 1 rings (SSSR count). The molecule has 1 saturated carbocycles. The maximum atomic E-state index is 12.0. The van der Waals surface area contributed by atoms with Gasteiger partial charge in [0.25, 0.3) is 0 Å². The lowest BCUT2D eigenvalue weighted by Crippen LogP contribution is -2.51. The highest BCUT2D eigenvalue weighted by molar-refractivity contribution is 5.77. The molecule has 1 aliphatic rings. The first kappa shape index (κ1) is 16.8. The second kappa shape index (κ2) is 6.95. The van der Waals surface area contributed by atoms with Gasteiger partial charge in [0.05, 0.1) is 5.92 Å². The van der Waals surface area contributed by atoms with Crippen LogP contribution in [0.3, 0.4) is 0 Å². The Morgan fingerprint density at radius 3 is 2.30 bits per heavy atom. The predicted octanol–water partition coefficient (Wildman–Crippen LogP) is 2.75. The molecular formula is C15H28N2O3. The van der Waals surface area contributed by atoms with Crippen LogP contribution in [0.5, 0.6) is 0 Å². The highest BCUT2D eigenvalue weighted by Gasteiger charge is 2.31. The minimum absolute atomic E-state index is 0.0208. The van der Waals surface area contributed by atoms with Gasteiger partial charge in [0, 0.05) is 12.1 Å². The summed E-state index contributed by atoms with van der Waals surface area (Å²) < 4.78 is 0. The van der Waals surface area contributed by atoms with Crippen molar-refractivity contribution < 1.29 is 14.7 Å². The highest BCUT2D eigenvalue weighted by atomic mass is 16.4. The average Bonchev–Trinajstić information content (AvgIpc) is 2.52. The monoisotopic (exact) mass is 284 g/mol. The number of urea groups is 1. The standard InChI is InChI=1S/C15H28N2O3/c1-10(15(2,3)4)16-14(20)17-12-9-7-5-6-8-11(12)13(18)19/h10-12H,5-9H2,1-4H3,(H,18,19)(H2,16,17,20). The smallest absolute Gasteiger partial charge is 0.315 e. The van der Waals surface area contributed by atoms with Crippen LogP contribution < -0.4 is 10.6 Å². The third kappa shape index (κ3) is 5.02. The summed E-state index contributed by atoms with van der Waals surface area (Å²) in [5, 5.41) is 15.1. The van der Waals surface area contributed by atoms with Crippen molar-refractivity contribution in [2.24, 2.45) is 11.3 Å². The molecule has 1 fully saturated rings. The summed E-state index contributed by atoms with van der Waals surface area (Å²) in [5.74, 6) is -1.27. The number of carbonyl (C=O) groups is 2. The minimum Gasteiger partial charge on any atom is -0.481 e. The summed E-state index contributed by atoms with van der Waals surface area (Å²) in [6.45, 7) is 8.14. The van der Waals surface area contributed by atoms with Gasteiger partial charge in [-0.25, -0.2) is 4.79 Å². The Kier molecular flexibility index (Phi) is 5.84. The molecule has 0 aliphatic heterocycles. The average molecular weight is 284 g/mol. The Hall–Kier alpha value is -1.26. The molecule has 3 unspecified atom stereocenters. The van der Waals surface area contributed by atoms with E-state index in [1.165, 1.54) is 0 Å². The van der Waals surface area contributed by atoms with Crippen LogP contribution in [0.1, 0.15) is 59.8 Å². The second-order valence-corrected chi connectivity index (χ2v) is 6.89. The molecule has 5 heteroatoms. The lowest BCUT2D eigenvalue weighted by Gasteiger charge is -2.30. The molecule has 0 radical (unpaired) electrons. The Labute approximate surface area is 121 Å². The van der Waals surface area contributed by atoms with Crippen LogP contribution >= 0.6 is 0 Å². The third-order valence-corrected chi connectivity index (χ3v) is 4.30. The van der Waals surface area contributed by atoms with E-state index in [0.29, 0.717) is 6.42 Å². The molecule has 1 aliphatic carbocycles. The molecule has 2 amide bonds. The van der Waals surface area contributed by atoms with E-state index in [9.17, 15) is 14.7 Å². The number of carboxylic acids is 1. The van der Waals surface area contributed by atoms with Crippen LogP contribution in [-0.2, 0) is 4.79 Å². The normalized spacial score (nSPS) is 25.4. The first-order valence-electron chi connectivity index (χ1n) is 7.51. The van der Waals surface area contributed by atoms with Crippen molar-refractivity contribution in [1.82, 2.24) is 10.6 Å². The molecule has 0 saturated heterocycles. The molecule has 0 aromatic rings. The fourth-order valence-corrected chi connectivity index (χ4v) is 2.40. The van der Waals surface area contributed by atoms with Gasteiger partial charge in [-0.3, -0.25) is 4.79 Å². The predicted molar refractivity (Wildman–Crippen MR) is 78.6 cm³/mol. The summed E-state index contributed by atoms with van der Waals surface area (Å²) in [6.07, 6.45) is 4.34. The number of nitrogens with one attached hydrogen (secondary N) is 2. The minimum atomic E-state index is -0.805. The van der Waals surface area contributed by atoms with Crippen LogP contribution in [0.25, 0.3) is 0 Å². The molecule has 0 heterocycles. The van der Waals surface area contributed by atoms with Gasteiger partial charge in [-0.2, -0.15) is 0 Å². The molecule has 3 N–H and O–H groups in total. The molecule has 116 valence electrons. The first-order chi connectivity index (χ1) is 9.21. The zero-order valence-corrected chi connectivity index (χ0v) is 13.0. The van der Waals surface area contributed by atoms with Crippen LogP contribution in [0, 0.1) is 11.3 Å². The van der Waals surface area contributed by atoms with E-state index in [0.717, 1.165) is 25.7 Å². The zero-order valence-electron chi connectivity index (χ0n) is 13.0. The van der Waals surface area contributed by atoms with Crippen molar-refractivity contribution in [3.63, 3.8) is 0 Å². The van der Waals surface area contributed by atoms with E-state index in [-0.39, 0.29) is 23.5 Å². The van der Waals surface area contributed by atoms with Crippen LogP contribution in [0.15, 0.2) is 0 Å². The van der Waals surface area contributed by atoms with Gasteiger partial charge in [-0.05, 0) is 25.2 Å². The van der Waals surface area contributed by atoms with E-state index < -0.39 is 11.9 Å². The third-order valence-electron chi connectivity index (χ3n) is 4.30. The van der Waals surface area contributed by atoms with Gasteiger partial charge in [0.2, 0.25) is 0 Å². The summed E-state index contributed by atoms with van der Waals surface area (Å²) in [7, 11) is 0. The fourth-order valence-electron chi connectivity index (χ4n) is 2.40. The topological polar surface area (TPSA) is 78.4 Å². The SMILES string of the molecule is CC(NC(=O)NC1CCCCCC1C(=O)O)C(C)(C)C. The molecular weight excluding hydrogens is 256 g/mol. The van der Waals surface area contributed by atoms with Gasteiger partial charge in [0.1, 0.15) is 0 Å². The summed E-state index contributed by atoms with van der Waals surface area (Å²) >= 11 is 0. The van der Waals surface area contributed by atoms with Crippen molar-refractivity contribution in [3.05, 3.63) is 0 Å². The van der Waals surface area contributed by atoms with Crippen molar-refractivity contribution in [3.8, 4) is 0 Å². The summed E-state index contributed by atoms with van der Waals surface area (Å²) in [5.41, 5.74) is -0.0208. The van der Waals surface area contributed by atoms with Crippen molar-refractivity contribution >= 4 is 12.0 Å². The van der Waals surface area contributed by atoms with E-state index in [2.05, 4.69) is 31.4 Å². The molecule has 0 aromatic carbocycles. The number of aliphatic carboxylic acids is 1. The Bertz CT molecular complexity index is 350. The second-order valence-electron chi connectivity index (χ2n) is 6.89. The lowest BCUT2D eigenvalue weighted by atomic mass is 9.88. The number of rotatable bonds is 3. The zero-order chi connectivity index (χ0) is 15.3. The van der Waals surface area contributed by atoms with Crippen molar-refractivity contribution in [1.29, 1.82) is 0 Å². The largest absolute Gasteiger partial charge is 0.481 e. The number of hydrogen-bond donors (Lipinski definition) is 3. The van der Waals surface area contributed by atoms with Crippen molar-refractivity contribution in [2.75, 3.05) is 0 Å². The van der Waals surface area contributed by atoms with Crippen molar-refractivity contribution in [2.45, 2.75) is 71.9 Å². The maximum Gasteiger partial charge on any atom is 0.315 e. The molecule has 0 bridgehead atoms. The molecule has 20 heavy (non-hydrogen) atoms. The molecule has 5 nitrogen and oxygen atoms in total. The first-order valence-corrected chi connectivity index (χ1v) is 7.51. The fraction of sp³-hybridized carbons (Fsp3) is 0.867. The lowest BCUT2D eigenvalue weighted by molar-refractivity contribution is -0.142. The van der Waals surface area contributed by atoms with E-state index in [1.807, 2.05) is 6.92 Å². The van der Waals surface area contributed by atoms with Gasteiger partial charge in [0.15, 0.2) is 0 Å². The van der Waals surface area contributed by atoms with E-state index in [1.54, 1.807) is 0 Å². The Morgan fingerprint density at radius 2 is 1.75 bits per heavy atom. The number of hydrogen-bond acceptors (Lipinski definition) is 2.